The van der Waals surface area contributed by atoms with Gasteiger partial charge in [-0.25, -0.2) is 4.79 Å². The molecule has 1 aromatic rings. The molecule has 1 amide bonds. The maximum atomic E-state index is 12.1. The molecule has 0 atom stereocenters. The molecule has 2 aliphatic rings. The lowest BCUT2D eigenvalue weighted by Crippen LogP contribution is -2.42. The summed E-state index contributed by atoms with van der Waals surface area (Å²) in [6, 6.07) is 5.78. The van der Waals surface area contributed by atoms with Crippen LogP contribution in [0.1, 0.15) is 18.4 Å². The molecular formula is C16H21N2O3. The van der Waals surface area contributed by atoms with Gasteiger partial charge in [0, 0.05) is 24.7 Å². The zero-order valence-corrected chi connectivity index (χ0v) is 12.4. The van der Waals surface area contributed by atoms with Crippen LogP contribution in [0.3, 0.4) is 0 Å². The first-order valence-electron chi connectivity index (χ1n) is 7.43. The quantitative estimate of drug-likeness (QED) is 0.854. The highest BCUT2D eigenvalue weighted by atomic mass is 16.6. The molecule has 5 heteroatoms. The minimum Gasteiger partial charge on any atom is -0.497 e. The normalized spacial score (nSPS) is 19.1. The van der Waals surface area contributed by atoms with E-state index in [9.17, 15) is 4.79 Å². The van der Waals surface area contributed by atoms with Gasteiger partial charge in [-0.2, -0.15) is 0 Å². The zero-order valence-electron chi connectivity index (χ0n) is 12.4. The average molecular weight is 289 g/mol. The molecular weight excluding hydrogens is 268 g/mol. The van der Waals surface area contributed by atoms with E-state index in [1.54, 1.807) is 12.0 Å². The van der Waals surface area contributed by atoms with Gasteiger partial charge in [0.25, 0.3) is 0 Å². The molecule has 0 spiro atoms. The maximum absolute atomic E-state index is 12.1. The van der Waals surface area contributed by atoms with Crippen LogP contribution in [0.5, 0.6) is 5.75 Å². The zero-order chi connectivity index (χ0) is 14.7. The van der Waals surface area contributed by atoms with E-state index in [-0.39, 0.29) is 6.09 Å². The highest BCUT2D eigenvalue weighted by Crippen LogP contribution is 2.30. The molecule has 0 N–H and O–H groups in total. The number of fused-ring (bicyclic) bond motifs is 1. The van der Waals surface area contributed by atoms with E-state index < -0.39 is 0 Å². The number of hydrogen-bond donors (Lipinski definition) is 0. The molecule has 113 valence electrons. The van der Waals surface area contributed by atoms with Crippen LogP contribution < -0.4 is 9.64 Å². The van der Waals surface area contributed by atoms with Crippen molar-refractivity contribution in [1.82, 2.24) is 4.90 Å². The van der Waals surface area contributed by atoms with Crippen molar-refractivity contribution in [2.45, 2.75) is 19.4 Å². The van der Waals surface area contributed by atoms with E-state index in [2.05, 4.69) is 11.3 Å². The largest absolute Gasteiger partial charge is 0.497 e. The second-order valence-corrected chi connectivity index (χ2v) is 5.41. The summed E-state index contributed by atoms with van der Waals surface area (Å²) in [6.45, 7) is 4.02. The molecule has 2 heterocycles. The van der Waals surface area contributed by atoms with Crippen molar-refractivity contribution in [2.24, 2.45) is 0 Å². The lowest BCUT2D eigenvalue weighted by molar-refractivity contribution is 0.140. The summed E-state index contributed by atoms with van der Waals surface area (Å²) in [5, 5.41) is 0. The summed E-state index contributed by atoms with van der Waals surface area (Å²) < 4.78 is 10.5. The van der Waals surface area contributed by atoms with Crippen molar-refractivity contribution in [3.05, 3.63) is 30.2 Å². The molecule has 1 radical (unpaired) electrons. The predicted molar refractivity (Wildman–Crippen MR) is 80.5 cm³/mol. The summed E-state index contributed by atoms with van der Waals surface area (Å²) in [4.78, 5) is 16.2. The summed E-state index contributed by atoms with van der Waals surface area (Å²) in [6.07, 6.45) is 4.33. The Hall–Kier alpha value is -1.75. The van der Waals surface area contributed by atoms with Gasteiger partial charge in [-0.15, -0.1) is 0 Å². The molecule has 21 heavy (non-hydrogen) atoms. The van der Waals surface area contributed by atoms with Gasteiger partial charge >= 0.3 is 6.09 Å². The van der Waals surface area contributed by atoms with E-state index in [0.717, 1.165) is 49.5 Å². The number of hydrogen-bond acceptors (Lipinski definition) is 4. The molecule has 0 unspecified atom stereocenters. The number of nitrogens with zero attached hydrogens (tertiary/aromatic N) is 2. The summed E-state index contributed by atoms with van der Waals surface area (Å²) in [5.74, 6) is 0.765. The fourth-order valence-corrected chi connectivity index (χ4v) is 2.84. The number of piperidine rings is 1. The summed E-state index contributed by atoms with van der Waals surface area (Å²) in [7, 11) is 1.64. The van der Waals surface area contributed by atoms with Crippen LogP contribution in [-0.2, 0) is 11.3 Å². The Kier molecular flexibility index (Phi) is 4.29. The van der Waals surface area contributed by atoms with Crippen LogP contribution in [0.4, 0.5) is 10.5 Å². The van der Waals surface area contributed by atoms with Crippen molar-refractivity contribution in [3.8, 4) is 5.75 Å². The number of amides is 1. The Morgan fingerprint density at radius 1 is 1.24 bits per heavy atom. The van der Waals surface area contributed by atoms with E-state index >= 15 is 0 Å². The van der Waals surface area contributed by atoms with E-state index in [1.807, 2.05) is 18.2 Å². The molecule has 1 fully saturated rings. The molecule has 1 aromatic carbocycles. The van der Waals surface area contributed by atoms with Crippen LogP contribution in [0, 0.1) is 6.42 Å². The first kappa shape index (κ1) is 14.2. The first-order valence-corrected chi connectivity index (χ1v) is 7.43. The van der Waals surface area contributed by atoms with Crippen molar-refractivity contribution in [3.63, 3.8) is 0 Å². The fraction of sp³-hybridized carbons (Fsp3) is 0.500. The van der Waals surface area contributed by atoms with Gasteiger partial charge in [-0.1, -0.05) is 0 Å². The first-order chi connectivity index (χ1) is 10.3. The van der Waals surface area contributed by atoms with Crippen LogP contribution in [0.2, 0.25) is 0 Å². The fourth-order valence-electron chi connectivity index (χ4n) is 2.84. The van der Waals surface area contributed by atoms with Gasteiger partial charge in [0.15, 0.2) is 0 Å². The van der Waals surface area contributed by atoms with E-state index in [1.165, 1.54) is 0 Å². The minimum absolute atomic E-state index is 0.265. The van der Waals surface area contributed by atoms with Gasteiger partial charge in [0.2, 0.25) is 0 Å². The SMILES string of the molecule is COc1ccc2c(c1)N(CCN1CC[CH]CC1)C(=O)OC2. The lowest BCUT2D eigenvalue weighted by atomic mass is 10.1. The van der Waals surface area contributed by atoms with Gasteiger partial charge in [0.05, 0.1) is 12.8 Å². The number of rotatable bonds is 4. The van der Waals surface area contributed by atoms with Crippen molar-refractivity contribution in [2.75, 3.05) is 38.2 Å². The Labute approximate surface area is 125 Å². The number of carbonyl (C=O) groups is 1. The lowest BCUT2D eigenvalue weighted by Gasteiger charge is -2.32. The number of carbonyl (C=O) groups excluding carboxylic acids is 1. The molecule has 1 saturated heterocycles. The Morgan fingerprint density at radius 3 is 2.81 bits per heavy atom. The average Bonchev–Trinajstić information content (AvgIpc) is 2.54. The molecule has 3 rings (SSSR count). The smallest absolute Gasteiger partial charge is 0.414 e. The topological polar surface area (TPSA) is 42.0 Å². The second kappa shape index (κ2) is 6.35. The third kappa shape index (κ3) is 3.13. The van der Waals surface area contributed by atoms with Crippen molar-refractivity contribution < 1.29 is 14.3 Å². The van der Waals surface area contributed by atoms with Gasteiger partial charge in [-0.3, -0.25) is 4.90 Å². The number of likely N-dealkylation sites (tertiary alicyclic amines) is 1. The Morgan fingerprint density at radius 2 is 2.05 bits per heavy atom. The number of anilines is 1. The Balaban J connectivity index is 1.73. The van der Waals surface area contributed by atoms with Crippen molar-refractivity contribution >= 4 is 11.8 Å². The highest BCUT2D eigenvalue weighted by molar-refractivity contribution is 5.90. The van der Waals surface area contributed by atoms with Crippen LogP contribution in [-0.4, -0.2) is 44.3 Å². The summed E-state index contributed by atoms with van der Waals surface area (Å²) in [5.41, 5.74) is 1.94. The van der Waals surface area contributed by atoms with E-state index in [0.29, 0.717) is 13.2 Å². The third-order valence-corrected chi connectivity index (χ3v) is 4.09. The maximum Gasteiger partial charge on any atom is 0.414 e. The van der Waals surface area contributed by atoms with Gasteiger partial charge in [-0.05, 0) is 44.5 Å². The number of cyclic esters (lactones) is 1. The Bertz CT molecular complexity index is 512. The molecule has 2 aliphatic heterocycles. The van der Waals surface area contributed by atoms with E-state index in [4.69, 9.17) is 9.47 Å². The van der Waals surface area contributed by atoms with Gasteiger partial charge in [0.1, 0.15) is 12.4 Å². The predicted octanol–water partition coefficient (Wildman–Crippen LogP) is 2.45. The van der Waals surface area contributed by atoms with Crippen LogP contribution in [0.15, 0.2) is 18.2 Å². The molecule has 5 nitrogen and oxygen atoms in total. The molecule has 0 aromatic heterocycles. The molecule has 0 aliphatic carbocycles. The van der Waals surface area contributed by atoms with Gasteiger partial charge < -0.3 is 14.4 Å². The molecule has 0 saturated carbocycles. The number of ether oxygens (including phenoxy) is 2. The monoisotopic (exact) mass is 289 g/mol. The minimum atomic E-state index is -0.265. The second-order valence-electron chi connectivity index (χ2n) is 5.41. The highest BCUT2D eigenvalue weighted by Gasteiger charge is 2.26. The summed E-state index contributed by atoms with van der Waals surface area (Å²) >= 11 is 0. The standard InChI is InChI=1S/C16H21N2O3/c1-20-14-6-5-13-12-21-16(19)18(15(13)11-14)10-9-17-7-3-2-4-8-17/h2,5-6,11H,3-4,7-10,12H2,1H3. The number of benzene rings is 1. The number of methoxy groups -OCH3 is 1. The van der Waals surface area contributed by atoms with Crippen LogP contribution >= 0.6 is 0 Å². The van der Waals surface area contributed by atoms with Crippen LogP contribution in [0.25, 0.3) is 0 Å². The molecule has 0 bridgehead atoms. The van der Waals surface area contributed by atoms with Crippen molar-refractivity contribution in [1.29, 1.82) is 0 Å². The third-order valence-electron chi connectivity index (χ3n) is 4.09.